The molecule has 1 atom stereocenters. The molecule has 1 unspecified atom stereocenters. The Morgan fingerprint density at radius 1 is 1.71 bits per heavy atom. The molecule has 40 valence electrons. The molecule has 1 heterocycles. The fraction of sp³-hybridized carbons (Fsp3) is 0.667. The standard InChI is InChI=1S/C3H7N3S/c7-2-3-1-4-6-5-3/h2-6H,1H2. The zero-order chi connectivity index (χ0) is 5.11. The van der Waals surface area contributed by atoms with Gasteiger partial charge in [0.2, 0.25) is 0 Å². The molecule has 0 aromatic heterocycles. The number of hydrogen-bond donors (Lipinski definition) is 3. The average molecular weight is 117 g/mol. The topological polar surface area (TPSA) is 36.1 Å². The minimum absolute atomic E-state index is 0.315. The molecule has 0 bridgehead atoms. The minimum Gasteiger partial charge on any atom is -0.242 e. The van der Waals surface area contributed by atoms with Gasteiger partial charge in [-0.3, -0.25) is 0 Å². The number of hydrogen-bond acceptors (Lipinski definition) is 4. The normalized spacial score (nSPS) is 30.6. The van der Waals surface area contributed by atoms with Gasteiger partial charge >= 0.3 is 0 Å². The molecule has 1 fully saturated rings. The van der Waals surface area contributed by atoms with Crippen molar-refractivity contribution in [3.63, 3.8) is 0 Å². The van der Waals surface area contributed by atoms with Crippen LogP contribution in [0, 0.1) is 0 Å². The van der Waals surface area contributed by atoms with E-state index >= 15 is 0 Å². The SMILES string of the molecule is S=CC1CNNN1. The lowest BCUT2D eigenvalue weighted by atomic mass is 10.4. The fourth-order valence-corrected chi connectivity index (χ4v) is 0.602. The van der Waals surface area contributed by atoms with E-state index in [0.717, 1.165) is 6.54 Å². The number of rotatable bonds is 1. The monoisotopic (exact) mass is 117 g/mol. The molecule has 1 aliphatic rings. The third-order valence-electron chi connectivity index (χ3n) is 0.832. The van der Waals surface area contributed by atoms with Gasteiger partial charge < -0.3 is 0 Å². The Labute approximate surface area is 47.4 Å². The van der Waals surface area contributed by atoms with Gasteiger partial charge in [-0.05, 0) is 5.37 Å². The summed E-state index contributed by atoms with van der Waals surface area (Å²) in [6, 6.07) is 0.315. The second-order valence-electron chi connectivity index (χ2n) is 1.39. The van der Waals surface area contributed by atoms with Crippen molar-refractivity contribution in [2.75, 3.05) is 6.54 Å². The summed E-state index contributed by atoms with van der Waals surface area (Å²) in [6.07, 6.45) is 0. The van der Waals surface area contributed by atoms with Crippen LogP contribution in [0.5, 0.6) is 0 Å². The molecule has 3 nitrogen and oxygen atoms in total. The van der Waals surface area contributed by atoms with Crippen LogP contribution in [0.4, 0.5) is 0 Å². The van der Waals surface area contributed by atoms with Gasteiger partial charge in [-0.15, -0.1) is 0 Å². The van der Waals surface area contributed by atoms with Crippen LogP contribution in [-0.2, 0) is 0 Å². The Bertz CT molecular complexity index is 68.6. The molecule has 0 aromatic carbocycles. The van der Waals surface area contributed by atoms with Gasteiger partial charge in [0, 0.05) is 6.54 Å². The highest BCUT2D eigenvalue weighted by atomic mass is 32.1. The predicted octanol–water partition coefficient (Wildman–Crippen LogP) is -1.03. The van der Waals surface area contributed by atoms with Crippen molar-refractivity contribution in [2.24, 2.45) is 0 Å². The predicted molar refractivity (Wildman–Crippen MR) is 31.7 cm³/mol. The lowest BCUT2D eigenvalue weighted by molar-refractivity contribution is 0.583. The third kappa shape index (κ3) is 1.17. The molecule has 0 saturated carbocycles. The first-order valence-corrected chi connectivity index (χ1v) is 2.59. The summed E-state index contributed by atoms with van der Waals surface area (Å²) < 4.78 is 0. The second-order valence-corrected chi connectivity index (χ2v) is 1.66. The molecule has 0 spiro atoms. The molecule has 1 saturated heterocycles. The molecular formula is C3H7N3S. The Morgan fingerprint density at radius 3 is 2.86 bits per heavy atom. The summed E-state index contributed by atoms with van der Waals surface area (Å²) in [7, 11) is 0. The van der Waals surface area contributed by atoms with E-state index in [0.29, 0.717) is 6.04 Å². The molecule has 0 amide bonds. The van der Waals surface area contributed by atoms with Crippen LogP contribution in [0.15, 0.2) is 0 Å². The summed E-state index contributed by atoms with van der Waals surface area (Å²) >= 11 is 4.64. The van der Waals surface area contributed by atoms with Gasteiger partial charge in [-0.2, -0.15) is 5.53 Å². The van der Waals surface area contributed by atoms with Crippen molar-refractivity contribution in [3.05, 3.63) is 0 Å². The van der Waals surface area contributed by atoms with Crippen LogP contribution in [0.2, 0.25) is 0 Å². The van der Waals surface area contributed by atoms with Crippen molar-refractivity contribution in [2.45, 2.75) is 6.04 Å². The van der Waals surface area contributed by atoms with E-state index in [2.05, 4.69) is 28.6 Å². The van der Waals surface area contributed by atoms with E-state index in [1.807, 2.05) is 0 Å². The first kappa shape index (κ1) is 5.11. The van der Waals surface area contributed by atoms with E-state index < -0.39 is 0 Å². The van der Waals surface area contributed by atoms with Gasteiger partial charge in [0.05, 0.1) is 6.04 Å². The summed E-state index contributed by atoms with van der Waals surface area (Å²) in [5.41, 5.74) is 8.47. The first-order chi connectivity index (χ1) is 3.43. The van der Waals surface area contributed by atoms with E-state index in [-0.39, 0.29) is 0 Å². The molecule has 0 radical (unpaired) electrons. The van der Waals surface area contributed by atoms with E-state index in [9.17, 15) is 0 Å². The number of hydrazine groups is 2. The van der Waals surface area contributed by atoms with E-state index in [4.69, 9.17) is 0 Å². The molecule has 1 aliphatic heterocycles. The molecule has 4 heteroatoms. The van der Waals surface area contributed by atoms with Gasteiger partial charge in [0.25, 0.3) is 0 Å². The maximum Gasteiger partial charge on any atom is 0.0647 e. The lowest BCUT2D eigenvalue weighted by Gasteiger charge is -1.93. The maximum absolute atomic E-state index is 4.64. The van der Waals surface area contributed by atoms with Crippen LogP contribution < -0.4 is 16.4 Å². The molecule has 3 N–H and O–H groups in total. The van der Waals surface area contributed by atoms with Crippen molar-refractivity contribution in [1.29, 1.82) is 0 Å². The summed E-state index contributed by atoms with van der Waals surface area (Å²) in [4.78, 5) is 0. The van der Waals surface area contributed by atoms with Gasteiger partial charge in [-0.1, -0.05) is 12.2 Å². The first-order valence-electron chi connectivity index (χ1n) is 2.12. The summed E-state index contributed by atoms with van der Waals surface area (Å²) in [6.45, 7) is 0.878. The highest BCUT2D eigenvalue weighted by Gasteiger charge is 2.07. The summed E-state index contributed by atoms with van der Waals surface area (Å²) in [5, 5.41) is 1.69. The molecular weight excluding hydrogens is 110 g/mol. The molecule has 7 heavy (non-hydrogen) atoms. The van der Waals surface area contributed by atoms with Crippen molar-refractivity contribution >= 4 is 17.6 Å². The highest BCUT2D eigenvalue weighted by molar-refractivity contribution is 7.79. The van der Waals surface area contributed by atoms with Crippen LogP contribution >= 0.6 is 12.2 Å². The Kier molecular flexibility index (Phi) is 1.70. The zero-order valence-corrected chi connectivity index (χ0v) is 4.59. The van der Waals surface area contributed by atoms with Crippen LogP contribution in [0.1, 0.15) is 0 Å². The van der Waals surface area contributed by atoms with E-state index in [1.165, 1.54) is 0 Å². The molecule has 0 aliphatic carbocycles. The number of nitrogens with one attached hydrogen (secondary N) is 3. The smallest absolute Gasteiger partial charge is 0.0647 e. The maximum atomic E-state index is 4.64. The van der Waals surface area contributed by atoms with Gasteiger partial charge in [0.15, 0.2) is 0 Å². The minimum atomic E-state index is 0.315. The van der Waals surface area contributed by atoms with Gasteiger partial charge in [0.1, 0.15) is 0 Å². The lowest BCUT2D eigenvalue weighted by Crippen LogP contribution is -2.33. The largest absolute Gasteiger partial charge is 0.242 e. The van der Waals surface area contributed by atoms with Gasteiger partial charge in [-0.25, -0.2) is 10.9 Å². The fourth-order valence-electron chi connectivity index (χ4n) is 0.438. The third-order valence-corrected chi connectivity index (χ3v) is 1.16. The van der Waals surface area contributed by atoms with E-state index in [1.54, 1.807) is 5.37 Å². The Hall–Kier alpha value is -0.0300. The quantitative estimate of drug-likeness (QED) is 0.384. The summed E-state index contributed by atoms with van der Waals surface area (Å²) in [5.74, 6) is 0. The van der Waals surface area contributed by atoms with Crippen LogP contribution in [0.25, 0.3) is 0 Å². The van der Waals surface area contributed by atoms with Crippen molar-refractivity contribution in [1.82, 2.24) is 16.4 Å². The average Bonchev–Trinajstić information content (AvgIpc) is 2.14. The molecule has 1 rings (SSSR count). The van der Waals surface area contributed by atoms with Crippen LogP contribution in [0.3, 0.4) is 0 Å². The Balaban J connectivity index is 2.26. The molecule has 0 aromatic rings. The zero-order valence-electron chi connectivity index (χ0n) is 3.77. The van der Waals surface area contributed by atoms with Crippen molar-refractivity contribution < 1.29 is 0 Å². The number of thiocarbonyl (C=S) groups is 1. The Morgan fingerprint density at radius 2 is 2.57 bits per heavy atom. The van der Waals surface area contributed by atoms with Crippen molar-refractivity contribution in [3.8, 4) is 0 Å². The highest BCUT2D eigenvalue weighted by Crippen LogP contribution is 1.76. The second kappa shape index (κ2) is 2.32. The van der Waals surface area contributed by atoms with Crippen LogP contribution in [-0.4, -0.2) is 18.0 Å².